The first-order valence-corrected chi connectivity index (χ1v) is 8.66. The fourth-order valence-electron chi connectivity index (χ4n) is 2.38. The second-order valence-corrected chi connectivity index (χ2v) is 6.07. The molecule has 26 heavy (non-hydrogen) atoms. The van der Waals surface area contributed by atoms with Crippen LogP contribution >= 0.6 is 0 Å². The first-order valence-electron chi connectivity index (χ1n) is 8.66. The highest BCUT2D eigenvalue weighted by atomic mass is 16.5. The summed E-state index contributed by atoms with van der Waals surface area (Å²) < 4.78 is 10.9. The number of para-hydroxylation sites is 1. The van der Waals surface area contributed by atoms with Crippen molar-refractivity contribution in [1.82, 2.24) is 15.8 Å². The van der Waals surface area contributed by atoms with E-state index in [9.17, 15) is 9.59 Å². The van der Waals surface area contributed by atoms with Crippen molar-refractivity contribution in [2.75, 3.05) is 6.54 Å². The first-order chi connectivity index (χ1) is 12.4. The lowest BCUT2D eigenvalue weighted by Gasteiger charge is -2.16. The maximum absolute atomic E-state index is 12.5. The molecule has 0 saturated heterocycles. The lowest BCUT2D eigenvalue weighted by Crippen LogP contribution is -2.45. The van der Waals surface area contributed by atoms with E-state index in [2.05, 4.69) is 15.8 Å². The minimum absolute atomic E-state index is 0.214. The maximum Gasteiger partial charge on any atom is 0.255 e. The minimum atomic E-state index is -0.635. The van der Waals surface area contributed by atoms with Gasteiger partial charge in [0.1, 0.15) is 24.2 Å². The van der Waals surface area contributed by atoms with Gasteiger partial charge < -0.3 is 19.9 Å². The molecule has 2 amide bonds. The van der Waals surface area contributed by atoms with Crippen molar-refractivity contribution in [3.63, 3.8) is 0 Å². The highest BCUT2D eigenvalue weighted by Crippen LogP contribution is 2.21. The fraction of sp³-hybridized carbons (Fsp3) is 0.421. The van der Waals surface area contributed by atoms with Gasteiger partial charge in [0.15, 0.2) is 0 Å². The third kappa shape index (κ3) is 4.84. The zero-order valence-corrected chi connectivity index (χ0v) is 15.6. The number of hydrogen-bond donors (Lipinski definition) is 2. The molecule has 0 aliphatic carbocycles. The van der Waals surface area contributed by atoms with Crippen LogP contribution in [-0.4, -0.2) is 29.6 Å². The minimum Gasteiger partial charge on any atom is -0.488 e. The van der Waals surface area contributed by atoms with Gasteiger partial charge in [0.05, 0.1) is 16.8 Å². The summed E-state index contributed by atoms with van der Waals surface area (Å²) in [5, 5.41) is 9.35. The van der Waals surface area contributed by atoms with Crippen LogP contribution in [0.15, 0.2) is 28.8 Å². The first kappa shape index (κ1) is 19.5. The molecule has 1 aromatic carbocycles. The number of hydrogen-bond acceptors (Lipinski definition) is 5. The van der Waals surface area contributed by atoms with Crippen LogP contribution in [0.3, 0.4) is 0 Å². The van der Waals surface area contributed by atoms with Gasteiger partial charge in [0.2, 0.25) is 5.91 Å². The van der Waals surface area contributed by atoms with Crippen molar-refractivity contribution in [2.45, 2.75) is 46.8 Å². The van der Waals surface area contributed by atoms with E-state index < -0.39 is 6.04 Å². The molecule has 7 nitrogen and oxygen atoms in total. The largest absolute Gasteiger partial charge is 0.488 e. The molecule has 1 atom stereocenters. The Morgan fingerprint density at radius 3 is 2.65 bits per heavy atom. The molecule has 2 rings (SSSR count). The molecule has 2 N–H and O–H groups in total. The summed E-state index contributed by atoms with van der Waals surface area (Å²) in [5.74, 6) is 0.546. The predicted octanol–water partition coefficient (Wildman–Crippen LogP) is 2.51. The topological polar surface area (TPSA) is 93.5 Å². The Bertz CT molecular complexity index is 750. The summed E-state index contributed by atoms with van der Waals surface area (Å²) >= 11 is 0. The molecule has 0 fully saturated rings. The molecular weight excluding hydrogens is 334 g/mol. The molecule has 0 aliphatic heterocycles. The summed E-state index contributed by atoms with van der Waals surface area (Å²) in [4.78, 5) is 24.5. The number of carbonyl (C=O) groups is 2. The lowest BCUT2D eigenvalue weighted by atomic mass is 10.1. The number of aromatic nitrogens is 1. The van der Waals surface area contributed by atoms with E-state index in [0.29, 0.717) is 23.6 Å². The van der Waals surface area contributed by atoms with Gasteiger partial charge in [-0.2, -0.15) is 0 Å². The molecule has 0 bridgehead atoms. The maximum atomic E-state index is 12.5. The van der Waals surface area contributed by atoms with E-state index in [1.807, 2.05) is 20.8 Å². The van der Waals surface area contributed by atoms with Crippen LogP contribution in [0, 0.1) is 13.8 Å². The van der Waals surface area contributed by atoms with Gasteiger partial charge in [0.25, 0.3) is 5.91 Å². The summed E-state index contributed by atoms with van der Waals surface area (Å²) in [6.07, 6.45) is 0.838. The van der Waals surface area contributed by atoms with Crippen LogP contribution in [-0.2, 0) is 11.4 Å². The Kier molecular flexibility index (Phi) is 6.77. The monoisotopic (exact) mass is 359 g/mol. The number of carbonyl (C=O) groups excluding carboxylic acids is 2. The molecule has 0 aliphatic rings. The lowest BCUT2D eigenvalue weighted by molar-refractivity contribution is -0.122. The Balaban J connectivity index is 2.05. The summed E-state index contributed by atoms with van der Waals surface area (Å²) in [5.41, 5.74) is 1.98. The fourth-order valence-corrected chi connectivity index (χ4v) is 2.38. The highest BCUT2D eigenvalue weighted by molar-refractivity contribution is 5.99. The van der Waals surface area contributed by atoms with Crippen LogP contribution in [0.4, 0.5) is 0 Å². The molecule has 1 heterocycles. The molecule has 0 saturated carbocycles. The van der Waals surface area contributed by atoms with Crippen molar-refractivity contribution in [1.29, 1.82) is 0 Å². The van der Waals surface area contributed by atoms with Crippen LogP contribution in [0.1, 0.15) is 47.6 Å². The molecule has 2 aromatic rings. The normalized spacial score (nSPS) is 11.7. The van der Waals surface area contributed by atoms with Gasteiger partial charge in [-0.3, -0.25) is 9.59 Å². The van der Waals surface area contributed by atoms with Crippen molar-refractivity contribution >= 4 is 11.8 Å². The second kappa shape index (κ2) is 9.03. The number of rotatable bonds is 8. The number of benzene rings is 1. The molecular formula is C19H25N3O4. The average molecular weight is 359 g/mol. The predicted molar refractivity (Wildman–Crippen MR) is 97.0 cm³/mol. The van der Waals surface area contributed by atoms with Gasteiger partial charge in [-0.25, -0.2) is 0 Å². The number of nitrogens with one attached hydrogen (secondary N) is 2. The van der Waals surface area contributed by atoms with Crippen LogP contribution < -0.4 is 15.4 Å². The number of aryl methyl sites for hydroxylation is 2. The van der Waals surface area contributed by atoms with Gasteiger partial charge in [-0.15, -0.1) is 0 Å². The van der Waals surface area contributed by atoms with Crippen LogP contribution in [0.25, 0.3) is 0 Å². The quantitative estimate of drug-likeness (QED) is 0.755. The third-order valence-corrected chi connectivity index (χ3v) is 3.98. The Hall–Kier alpha value is -2.83. The standard InChI is InChI=1S/C19H25N3O4/c1-5-10-20-18(23)13(3)21-19(24)15-8-6-7-9-17(15)25-11-16-12(2)22-26-14(16)4/h6-9,13H,5,10-11H2,1-4H3,(H,20,23)(H,21,24)/t13-/m0/s1. The van der Waals surface area contributed by atoms with Crippen LogP contribution in [0.5, 0.6) is 5.75 Å². The smallest absolute Gasteiger partial charge is 0.255 e. The van der Waals surface area contributed by atoms with E-state index in [-0.39, 0.29) is 18.4 Å². The Morgan fingerprint density at radius 1 is 1.27 bits per heavy atom. The van der Waals surface area contributed by atoms with E-state index in [0.717, 1.165) is 17.7 Å². The molecule has 0 spiro atoms. The van der Waals surface area contributed by atoms with Crippen LogP contribution in [0.2, 0.25) is 0 Å². The summed E-state index contributed by atoms with van der Waals surface area (Å²) in [6.45, 7) is 8.10. The van der Waals surface area contributed by atoms with Gasteiger partial charge >= 0.3 is 0 Å². The van der Waals surface area contributed by atoms with E-state index in [1.54, 1.807) is 31.2 Å². The number of amides is 2. The van der Waals surface area contributed by atoms with Crippen molar-refractivity contribution in [3.05, 3.63) is 46.8 Å². The number of ether oxygens (including phenoxy) is 1. The van der Waals surface area contributed by atoms with E-state index >= 15 is 0 Å². The van der Waals surface area contributed by atoms with Crippen molar-refractivity contribution in [3.8, 4) is 5.75 Å². The SMILES string of the molecule is CCCNC(=O)[C@H](C)NC(=O)c1ccccc1OCc1c(C)noc1C. The third-order valence-electron chi connectivity index (χ3n) is 3.98. The highest BCUT2D eigenvalue weighted by Gasteiger charge is 2.19. The van der Waals surface area contributed by atoms with Gasteiger partial charge in [-0.1, -0.05) is 24.2 Å². The van der Waals surface area contributed by atoms with Crippen molar-refractivity contribution in [2.24, 2.45) is 0 Å². The summed E-state index contributed by atoms with van der Waals surface area (Å²) in [7, 11) is 0. The second-order valence-electron chi connectivity index (χ2n) is 6.07. The molecule has 0 radical (unpaired) electrons. The van der Waals surface area contributed by atoms with Gasteiger partial charge in [-0.05, 0) is 39.3 Å². The summed E-state index contributed by atoms with van der Waals surface area (Å²) in [6, 6.07) is 6.28. The average Bonchev–Trinajstić information content (AvgIpc) is 2.95. The number of nitrogens with zero attached hydrogens (tertiary/aromatic N) is 1. The van der Waals surface area contributed by atoms with Crippen molar-refractivity contribution < 1.29 is 18.8 Å². The Labute approximate surface area is 153 Å². The Morgan fingerprint density at radius 2 is 2.00 bits per heavy atom. The zero-order chi connectivity index (χ0) is 19.1. The molecule has 1 aromatic heterocycles. The molecule has 0 unspecified atom stereocenters. The molecule has 140 valence electrons. The van der Waals surface area contributed by atoms with E-state index in [4.69, 9.17) is 9.26 Å². The van der Waals surface area contributed by atoms with Gasteiger partial charge in [0, 0.05) is 6.54 Å². The van der Waals surface area contributed by atoms with E-state index in [1.165, 1.54) is 0 Å². The molecule has 7 heteroatoms. The zero-order valence-electron chi connectivity index (χ0n) is 15.6.